The fraction of sp³-hybridized carbons (Fsp3) is 0.538. The van der Waals surface area contributed by atoms with Crippen LogP contribution in [0, 0.1) is 10.1 Å². The smallest absolute Gasteiger partial charge is 0.317 e. The average Bonchev–Trinajstić information content (AvgIpc) is 2.52. The van der Waals surface area contributed by atoms with E-state index in [1.807, 2.05) is 0 Å². The van der Waals surface area contributed by atoms with Crippen molar-refractivity contribution in [1.29, 1.82) is 0 Å². The fourth-order valence-corrected chi connectivity index (χ4v) is 4.46. The summed E-state index contributed by atoms with van der Waals surface area (Å²) >= 11 is 0. The second kappa shape index (κ2) is 7.03. The van der Waals surface area contributed by atoms with Gasteiger partial charge in [-0.05, 0) is 32.0 Å². The van der Waals surface area contributed by atoms with Crippen LogP contribution in [0.5, 0.6) is 0 Å². The van der Waals surface area contributed by atoms with E-state index in [9.17, 15) is 31.7 Å². The number of para-hydroxylation sites is 1. The van der Waals surface area contributed by atoms with Crippen molar-refractivity contribution in [3.63, 3.8) is 0 Å². The molecule has 134 valence electrons. The Morgan fingerprint density at radius 2 is 1.83 bits per heavy atom. The zero-order chi connectivity index (χ0) is 18.0. The Morgan fingerprint density at radius 3 is 2.38 bits per heavy atom. The number of sulfonamides is 1. The number of hydrogen-bond donors (Lipinski definition) is 1. The lowest BCUT2D eigenvalue weighted by Gasteiger charge is -2.34. The summed E-state index contributed by atoms with van der Waals surface area (Å²) in [7, 11) is -4.67. The standard InChI is InChI=1S/C13H16F3N3O4S/c14-13(15,16)9-18(10-5-7-17-8-6-10)24(22,23)12-4-2-1-3-11(12)19(20)21/h1-4,10,17H,5-9H2. The van der Waals surface area contributed by atoms with Gasteiger partial charge in [0.1, 0.15) is 6.54 Å². The van der Waals surface area contributed by atoms with Crippen LogP contribution in [0.4, 0.5) is 18.9 Å². The molecule has 0 radical (unpaired) electrons. The number of nitro benzene ring substituents is 1. The van der Waals surface area contributed by atoms with Crippen molar-refractivity contribution in [2.45, 2.75) is 30.0 Å². The Labute approximate surface area is 136 Å². The zero-order valence-corrected chi connectivity index (χ0v) is 13.3. The SMILES string of the molecule is O=[N+]([O-])c1ccccc1S(=O)(=O)N(CC(F)(F)F)C1CCNCC1. The third-order valence-electron chi connectivity index (χ3n) is 3.70. The lowest BCUT2D eigenvalue weighted by Crippen LogP contribution is -2.49. The van der Waals surface area contributed by atoms with Crippen molar-refractivity contribution in [2.75, 3.05) is 19.6 Å². The Hall–Kier alpha value is -1.72. The van der Waals surface area contributed by atoms with E-state index in [2.05, 4.69) is 5.32 Å². The first-order valence-corrected chi connectivity index (χ1v) is 8.59. The topological polar surface area (TPSA) is 92.5 Å². The highest BCUT2D eigenvalue weighted by Crippen LogP contribution is 2.31. The van der Waals surface area contributed by atoms with E-state index in [1.165, 1.54) is 12.1 Å². The van der Waals surface area contributed by atoms with Crippen molar-refractivity contribution >= 4 is 15.7 Å². The number of hydrogen-bond acceptors (Lipinski definition) is 5. The number of nitro groups is 1. The highest BCUT2D eigenvalue weighted by atomic mass is 32.2. The summed E-state index contributed by atoms with van der Waals surface area (Å²) in [6, 6.07) is 3.56. The normalized spacial score (nSPS) is 17.2. The second-order valence-electron chi connectivity index (χ2n) is 5.37. The highest BCUT2D eigenvalue weighted by Gasteiger charge is 2.43. The quantitative estimate of drug-likeness (QED) is 0.634. The summed E-state index contributed by atoms with van der Waals surface area (Å²) in [5, 5.41) is 14.0. The van der Waals surface area contributed by atoms with Crippen LogP contribution in [-0.4, -0.2) is 49.5 Å². The zero-order valence-electron chi connectivity index (χ0n) is 12.5. The Morgan fingerprint density at radius 1 is 1.25 bits per heavy atom. The minimum Gasteiger partial charge on any atom is -0.317 e. The minimum absolute atomic E-state index is 0.204. The van der Waals surface area contributed by atoms with Gasteiger partial charge < -0.3 is 5.32 Å². The van der Waals surface area contributed by atoms with Crippen LogP contribution >= 0.6 is 0 Å². The lowest BCUT2D eigenvalue weighted by atomic mass is 10.1. The summed E-state index contributed by atoms with van der Waals surface area (Å²) in [6.45, 7) is -0.914. The molecular formula is C13H16F3N3O4S. The molecule has 0 bridgehead atoms. The van der Waals surface area contributed by atoms with Crippen LogP contribution in [0.3, 0.4) is 0 Å². The molecule has 1 aromatic rings. The van der Waals surface area contributed by atoms with Gasteiger partial charge in [-0.3, -0.25) is 10.1 Å². The maximum absolute atomic E-state index is 12.9. The maximum Gasteiger partial charge on any atom is 0.402 e. The van der Waals surface area contributed by atoms with Crippen molar-refractivity contribution in [1.82, 2.24) is 9.62 Å². The minimum atomic E-state index is -4.75. The molecule has 1 heterocycles. The van der Waals surface area contributed by atoms with Crippen molar-refractivity contribution < 1.29 is 26.5 Å². The van der Waals surface area contributed by atoms with Gasteiger partial charge in [0.05, 0.1) is 4.92 Å². The molecule has 1 saturated heterocycles. The molecule has 1 aromatic carbocycles. The van der Waals surface area contributed by atoms with Gasteiger partial charge in [-0.15, -0.1) is 0 Å². The fourth-order valence-electron chi connectivity index (χ4n) is 2.63. The molecule has 0 saturated carbocycles. The van der Waals surface area contributed by atoms with Gasteiger partial charge >= 0.3 is 6.18 Å². The number of piperidine rings is 1. The van der Waals surface area contributed by atoms with Gasteiger partial charge in [0.2, 0.25) is 10.0 Å². The average molecular weight is 367 g/mol. The summed E-state index contributed by atoms with van der Waals surface area (Å²) in [6.07, 6.45) is -4.34. The molecule has 24 heavy (non-hydrogen) atoms. The molecule has 7 nitrogen and oxygen atoms in total. The third kappa shape index (κ3) is 4.22. The summed E-state index contributed by atoms with van der Waals surface area (Å²) in [5.41, 5.74) is -0.737. The molecule has 0 unspecified atom stereocenters. The Kier molecular flexibility index (Phi) is 5.45. The predicted octanol–water partition coefficient (Wildman–Crippen LogP) is 1.90. The van der Waals surface area contributed by atoms with Gasteiger partial charge in [-0.2, -0.15) is 17.5 Å². The molecule has 0 spiro atoms. The van der Waals surface area contributed by atoms with E-state index >= 15 is 0 Å². The first kappa shape index (κ1) is 18.6. The van der Waals surface area contributed by atoms with Gasteiger partial charge in [0, 0.05) is 12.1 Å². The molecule has 0 atom stereocenters. The molecule has 2 rings (SSSR count). The van der Waals surface area contributed by atoms with Crippen molar-refractivity contribution in [3.05, 3.63) is 34.4 Å². The van der Waals surface area contributed by atoms with Crippen LogP contribution in [0.2, 0.25) is 0 Å². The molecule has 1 fully saturated rings. The van der Waals surface area contributed by atoms with Gasteiger partial charge in [0.15, 0.2) is 4.90 Å². The Balaban J connectivity index is 2.49. The van der Waals surface area contributed by atoms with E-state index in [-0.39, 0.29) is 12.8 Å². The molecular weight excluding hydrogens is 351 g/mol. The van der Waals surface area contributed by atoms with E-state index in [0.29, 0.717) is 17.4 Å². The molecule has 1 N–H and O–H groups in total. The molecule has 1 aliphatic heterocycles. The molecule has 1 aliphatic rings. The Bertz CT molecular complexity index is 703. The van der Waals surface area contributed by atoms with Crippen LogP contribution in [0.1, 0.15) is 12.8 Å². The van der Waals surface area contributed by atoms with Crippen LogP contribution in [-0.2, 0) is 10.0 Å². The second-order valence-corrected chi connectivity index (χ2v) is 7.23. The first-order valence-electron chi connectivity index (χ1n) is 7.15. The number of halogens is 3. The van der Waals surface area contributed by atoms with E-state index in [0.717, 1.165) is 12.1 Å². The maximum atomic E-state index is 12.9. The monoisotopic (exact) mass is 367 g/mol. The van der Waals surface area contributed by atoms with E-state index < -0.39 is 44.3 Å². The number of benzene rings is 1. The number of rotatable bonds is 5. The van der Waals surface area contributed by atoms with Gasteiger partial charge in [0.25, 0.3) is 5.69 Å². The lowest BCUT2D eigenvalue weighted by molar-refractivity contribution is -0.387. The molecule has 0 aliphatic carbocycles. The highest BCUT2D eigenvalue weighted by molar-refractivity contribution is 7.89. The van der Waals surface area contributed by atoms with Crippen LogP contribution < -0.4 is 5.32 Å². The predicted molar refractivity (Wildman–Crippen MR) is 78.9 cm³/mol. The molecule has 0 amide bonds. The van der Waals surface area contributed by atoms with E-state index in [1.54, 1.807) is 0 Å². The van der Waals surface area contributed by atoms with E-state index in [4.69, 9.17) is 0 Å². The van der Waals surface area contributed by atoms with Crippen LogP contribution in [0.15, 0.2) is 29.2 Å². The molecule has 11 heteroatoms. The number of alkyl halides is 3. The number of nitrogens with one attached hydrogen (secondary N) is 1. The van der Waals surface area contributed by atoms with Crippen molar-refractivity contribution in [2.24, 2.45) is 0 Å². The third-order valence-corrected chi connectivity index (χ3v) is 5.65. The van der Waals surface area contributed by atoms with Gasteiger partial charge in [-0.25, -0.2) is 8.42 Å². The summed E-state index contributed by atoms with van der Waals surface area (Å²) in [4.78, 5) is 9.40. The summed E-state index contributed by atoms with van der Waals surface area (Å²) < 4.78 is 64.5. The largest absolute Gasteiger partial charge is 0.402 e. The summed E-state index contributed by atoms with van der Waals surface area (Å²) in [5.74, 6) is 0. The first-order chi connectivity index (χ1) is 11.1. The number of nitrogens with zero attached hydrogens (tertiary/aromatic N) is 2. The van der Waals surface area contributed by atoms with Crippen LogP contribution in [0.25, 0.3) is 0 Å². The van der Waals surface area contributed by atoms with Gasteiger partial charge in [-0.1, -0.05) is 12.1 Å². The van der Waals surface area contributed by atoms with Crippen molar-refractivity contribution in [3.8, 4) is 0 Å². The molecule has 0 aromatic heterocycles.